The van der Waals surface area contributed by atoms with Gasteiger partial charge in [-0.15, -0.1) is 11.3 Å². The van der Waals surface area contributed by atoms with Gasteiger partial charge in [0.05, 0.1) is 24.7 Å². The van der Waals surface area contributed by atoms with Crippen LogP contribution in [-0.2, 0) is 9.53 Å². The van der Waals surface area contributed by atoms with Crippen molar-refractivity contribution in [1.82, 2.24) is 4.90 Å². The van der Waals surface area contributed by atoms with E-state index in [1.807, 2.05) is 0 Å². The number of carbonyl (C=O) groups is 2. The second-order valence-electron chi connectivity index (χ2n) is 5.29. The minimum absolute atomic E-state index is 0.0546. The Labute approximate surface area is 147 Å². The summed E-state index contributed by atoms with van der Waals surface area (Å²) in [4.78, 5) is 25.0. The number of nitrogens with zero attached hydrogens (tertiary/aromatic N) is 1. The number of hydrogen-bond acceptors (Lipinski definition) is 6. The minimum atomic E-state index is -4.44. The molecule has 142 valence electrons. The van der Waals surface area contributed by atoms with E-state index in [1.165, 1.54) is 0 Å². The number of amides is 1. The fourth-order valence-electron chi connectivity index (χ4n) is 2.08. The van der Waals surface area contributed by atoms with Crippen molar-refractivity contribution in [1.29, 1.82) is 0 Å². The number of carbonyl (C=O) groups excluding carboxylic acids is 2. The van der Waals surface area contributed by atoms with Crippen LogP contribution in [0.4, 0.5) is 18.2 Å². The second kappa shape index (κ2) is 9.73. The Morgan fingerprint density at radius 2 is 2.08 bits per heavy atom. The van der Waals surface area contributed by atoms with E-state index in [2.05, 4.69) is 5.32 Å². The molecule has 0 aliphatic rings. The Morgan fingerprint density at radius 3 is 2.64 bits per heavy atom. The SMILES string of the molecule is CCOC(=O)c1sc(NC(=O)CN(CCCO)CC(F)(F)F)cc1C. The lowest BCUT2D eigenvalue weighted by atomic mass is 10.3. The molecule has 0 aromatic carbocycles. The quantitative estimate of drug-likeness (QED) is 0.642. The van der Waals surface area contributed by atoms with Gasteiger partial charge in [0.1, 0.15) is 4.88 Å². The molecule has 1 aromatic heterocycles. The summed E-state index contributed by atoms with van der Waals surface area (Å²) >= 11 is 1.01. The van der Waals surface area contributed by atoms with E-state index < -0.39 is 31.1 Å². The Morgan fingerprint density at radius 1 is 1.40 bits per heavy atom. The van der Waals surface area contributed by atoms with Crippen molar-refractivity contribution in [2.24, 2.45) is 0 Å². The van der Waals surface area contributed by atoms with Crippen LogP contribution in [0.3, 0.4) is 0 Å². The number of hydrogen-bond donors (Lipinski definition) is 2. The fourth-order valence-corrected chi connectivity index (χ4v) is 3.07. The number of anilines is 1. The van der Waals surface area contributed by atoms with Crippen LogP contribution in [-0.4, -0.2) is 60.9 Å². The highest BCUT2D eigenvalue weighted by molar-refractivity contribution is 7.18. The summed E-state index contributed by atoms with van der Waals surface area (Å²) in [5.74, 6) is -1.13. The summed E-state index contributed by atoms with van der Waals surface area (Å²) in [6.45, 7) is 1.54. The highest BCUT2D eigenvalue weighted by atomic mass is 32.1. The summed E-state index contributed by atoms with van der Waals surface area (Å²) in [5.41, 5.74) is 0.617. The molecule has 6 nitrogen and oxygen atoms in total. The van der Waals surface area contributed by atoms with E-state index in [1.54, 1.807) is 19.9 Å². The first kappa shape index (κ1) is 21.4. The molecule has 1 heterocycles. The van der Waals surface area contributed by atoms with Crippen molar-refractivity contribution in [3.63, 3.8) is 0 Å². The van der Waals surface area contributed by atoms with Crippen molar-refractivity contribution >= 4 is 28.2 Å². The molecule has 0 saturated carbocycles. The number of ether oxygens (including phenoxy) is 1. The summed E-state index contributed by atoms with van der Waals surface area (Å²) < 4.78 is 42.5. The smallest absolute Gasteiger partial charge is 0.401 e. The van der Waals surface area contributed by atoms with Gasteiger partial charge in [-0.2, -0.15) is 13.2 Å². The standard InChI is InChI=1S/C15H21F3N2O4S/c1-3-24-14(23)13-10(2)7-12(25-13)19-11(22)8-20(5-4-6-21)9-15(16,17)18/h7,21H,3-6,8-9H2,1-2H3,(H,19,22). The van der Waals surface area contributed by atoms with Gasteiger partial charge >= 0.3 is 12.1 Å². The molecule has 1 amide bonds. The zero-order valence-corrected chi connectivity index (χ0v) is 14.8. The predicted octanol–water partition coefficient (Wildman–Crippen LogP) is 2.42. The largest absolute Gasteiger partial charge is 0.462 e. The predicted molar refractivity (Wildman–Crippen MR) is 87.8 cm³/mol. The molecule has 1 rings (SSSR count). The summed E-state index contributed by atoms with van der Waals surface area (Å²) in [6, 6.07) is 1.57. The van der Waals surface area contributed by atoms with Crippen molar-refractivity contribution in [2.75, 3.05) is 38.2 Å². The van der Waals surface area contributed by atoms with Crippen molar-refractivity contribution < 1.29 is 32.6 Å². The van der Waals surface area contributed by atoms with Gasteiger partial charge in [0.25, 0.3) is 0 Å². The van der Waals surface area contributed by atoms with Gasteiger partial charge in [-0.05, 0) is 31.9 Å². The Hall–Kier alpha value is -1.65. The third-order valence-electron chi connectivity index (χ3n) is 3.04. The van der Waals surface area contributed by atoms with Crippen molar-refractivity contribution in [3.05, 3.63) is 16.5 Å². The monoisotopic (exact) mass is 382 g/mol. The molecule has 2 N–H and O–H groups in total. The maximum atomic E-state index is 12.5. The first-order valence-electron chi connectivity index (χ1n) is 7.63. The molecule has 0 saturated heterocycles. The van der Waals surface area contributed by atoms with E-state index in [0.29, 0.717) is 15.4 Å². The molecule has 10 heteroatoms. The summed E-state index contributed by atoms with van der Waals surface area (Å²) in [5, 5.41) is 11.6. The van der Waals surface area contributed by atoms with Gasteiger partial charge in [-0.3, -0.25) is 9.69 Å². The van der Waals surface area contributed by atoms with Crippen LogP contribution in [0.15, 0.2) is 6.07 Å². The number of aryl methyl sites for hydroxylation is 1. The van der Waals surface area contributed by atoms with Gasteiger partial charge in [0.15, 0.2) is 0 Å². The van der Waals surface area contributed by atoms with E-state index in [4.69, 9.17) is 9.84 Å². The molecule has 0 atom stereocenters. The molecule has 0 aliphatic carbocycles. The molecule has 0 radical (unpaired) electrons. The van der Waals surface area contributed by atoms with E-state index >= 15 is 0 Å². The van der Waals surface area contributed by atoms with E-state index in [9.17, 15) is 22.8 Å². The second-order valence-corrected chi connectivity index (χ2v) is 6.35. The van der Waals surface area contributed by atoms with Crippen LogP contribution in [0.25, 0.3) is 0 Å². The van der Waals surface area contributed by atoms with Crippen LogP contribution >= 0.6 is 11.3 Å². The lowest BCUT2D eigenvalue weighted by Gasteiger charge is -2.22. The lowest BCUT2D eigenvalue weighted by molar-refractivity contribution is -0.148. The number of rotatable bonds is 9. The number of esters is 1. The number of thiophene rings is 1. The Bertz CT molecular complexity index is 590. The number of halogens is 3. The molecule has 25 heavy (non-hydrogen) atoms. The van der Waals surface area contributed by atoms with Crippen LogP contribution < -0.4 is 5.32 Å². The molecular weight excluding hydrogens is 361 g/mol. The molecule has 0 bridgehead atoms. The highest BCUT2D eigenvalue weighted by Crippen LogP contribution is 2.27. The first-order chi connectivity index (χ1) is 11.7. The highest BCUT2D eigenvalue weighted by Gasteiger charge is 2.31. The molecule has 0 spiro atoms. The molecule has 1 aromatic rings. The summed E-state index contributed by atoms with van der Waals surface area (Å²) in [7, 11) is 0. The first-order valence-corrected chi connectivity index (χ1v) is 8.45. The number of nitrogens with one attached hydrogen (secondary N) is 1. The topological polar surface area (TPSA) is 78.9 Å². The van der Waals surface area contributed by atoms with Gasteiger partial charge in [0.2, 0.25) is 5.91 Å². The Balaban J connectivity index is 2.70. The normalized spacial score (nSPS) is 11.6. The average Bonchev–Trinajstić information content (AvgIpc) is 2.84. The van der Waals surface area contributed by atoms with E-state index in [-0.39, 0.29) is 26.2 Å². The number of alkyl halides is 3. The maximum absolute atomic E-state index is 12.5. The van der Waals surface area contributed by atoms with Crippen LogP contribution in [0.5, 0.6) is 0 Å². The molecule has 0 aliphatic heterocycles. The fraction of sp³-hybridized carbons (Fsp3) is 0.600. The van der Waals surface area contributed by atoms with Crippen LogP contribution in [0.2, 0.25) is 0 Å². The maximum Gasteiger partial charge on any atom is 0.401 e. The average molecular weight is 382 g/mol. The summed E-state index contributed by atoms with van der Waals surface area (Å²) in [6.07, 6.45) is -4.30. The molecule has 0 unspecified atom stereocenters. The number of aliphatic hydroxyl groups is 1. The molecular formula is C15H21F3N2O4S. The van der Waals surface area contributed by atoms with Gasteiger partial charge in [0, 0.05) is 13.2 Å². The van der Waals surface area contributed by atoms with Gasteiger partial charge in [-0.25, -0.2) is 4.79 Å². The van der Waals surface area contributed by atoms with E-state index in [0.717, 1.165) is 16.2 Å². The van der Waals surface area contributed by atoms with Gasteiger partial charge in [-0.1, -0.05) is 0 Å². The van der Waals surface area contributed by atoms with Gasteiger partial charge < -0.3 is 15.2 Å². The number of aliphatic hydroxyl groups excluding tert-OH is 1. The molecule has 0 fully saturated rings. The third kappa shape index (κ3) is 7.84. The Kier molecular flexibility index (Phi) is 8.33. The zero-order valence-electron chi connectivity index (χ0n) is 14.0. The zero-order chi connectivity index (χ0) is 19.0. The van der Waals surface area contributed by atoms with Crippen molar-refractivity contribution in [2.45, 2.75) is 26.4 Å². The van der Waals surface area contributed by atoms with Crippen molar-refractivity contribution in [3.8, 4) is 0 Å². The minimum Gasteiger partial charge on any atom is -0.462 e. The van der Waals surface area contributed by atoms with Crippen LogP contribution in [0, 0.1) is 6.92 Å². The van der Waals surface area contributed by atoms with Crippen LogP contribution in [0.1, 0.15) is 28.6 Å². The lowest BCUT2D eigenvalue weighted by Crippen LogP contribution is -2.40. The third-order valence-corrected chi connectivity index (χ3v) is 4.18.